The second kappa shape index (κ2) is 7.83. The van der Waals surface area contributed by atoms with Crippen molar-refractivity contribution in [3.8, 4) is 0 Å². The first-order valence-corrected chi connectivity index (χ1v) is 7.70. The standard InChI is InChI=1S/C18H12N4O5/c23-21(24)15-7-1-13(2-8-15)5-11-17-19-20-18(27-17)12-6-14-3-9-16(10-4-14)22(25)26/h1-12H/b11-5+,12-6+. The molecule has 0 N–H and O–H groups in total. The second-order valence-electron chi connectivity index (χ2n) is 5.34. The highest BCUT2D eigenvalue weighted by atomic mass is 16.6. The van der Waals surface area contributed by atoms with Crippen LogP contribution in [0.1, 0.15) is 22.9 Å². The first-order chi connectivity index (χ1) is 13.0. The van der Waals surface area contributed by atoms with Crippen LogP contribution in [0, 0.1) is 20.2 Å². The van der Waals surface area contributed by atoms with E-state index in [4.69, 9.17) is 4.42 Å². The molecule has 0 saturated carbocycles. The fraction of sp³-hybridized carbons (Fsp3) is 0. The average Bonchev–Trinajstić information content (AvgIpc) is 3.13. The number of benzene rings is 2. The van der Waals surface area contributed by atoms with E-state index in [0.29, 0.717) is 0 Å². The molecular formula is C18H12N4O5. The Morgan fingerprint density at radius 1 is 0.667 bits per heavy atom. The van der Waals surface area contributed by atoms with Gasteiger partial charge in [0, 0.05) is 36.4 Å². The molecule has 0 atom stereocenters. The molecule has 0 saturated heterocycles. The van der Waals surface area contributed by atoms with E-state index >= 15 is 0 Å². The highest BCUT2D eigenvalue weighted by Crippen LogP contribution is 2.16. The van der Waals surface area contributed by atoms with Crippen molar-refractivity contribution in [1.82, 2.24) is 10.2 Å². The monoisotopic (exact) mass is 364 g/mol. The summed E-state index contributed by atoms with van der Waals surface area (Å²) >= 11 is 0. The molecule has 0 bridgehead atoms. The summed E-state index contributed by atoms with van der Waals surface area (Å²) in [6.45, 7) is 0. The van der Waals surface area contributed by atoms with Crippen LogP contribution < -0.4 is 0 Å². The van der Waals surface area contributed by atoms with Crippen LogP contribution in [0.2, 0.25) is 0 Å². The lowest BCUT2D eigenvalue weighted by Gasteiger charge is -1.93. The summed E-state index contributed by atoms with van der Waals surface area (Å²) in [6, 6.07) is 12.1. The number of aromatic nitrogens is 2. The third-order valence-corrected chi connectivity index (χ3v) is 3.50. The van der Waals surface area contributed by atoms with Gasteiger partial charge in [0.2, 0.25) is 11.8 Å². The van der Waals surface area contributed by atoms with Gasteiger partial charge in [-0.15, -0.1) is 10.2 Å². The Bertz CT molecular complexity index is 939. The highest BCUT2D eigenvalue weighted by molar-refractivity contribution is 5.68. The Morgan fingerprint density at radius 3 is 1.37 bits per heavy atom. The van der Waals surface area contributed by atoms with E-state index in [1.807, 2.05) is 0 Å². The topological polar surface area (TPSA) is 125 Å². The molecule has 0 aliphatic rings. The van der Waals surface area contributed by atoms with E-state index in [1.54, 1.807) is 48.6 Å². The van der Waals surface area contributed by atoms with Crippen molar-refractivity contribution in [1.29, 1.82) is 0 Å². The molecule has 0 aliphatic heterocycles. The summed E-state index contributed by atoms with van der Waals surface area (Å²) in [5, 5.41) is 29.0. The third kappa shape index (κ3) is 4.69. The van der Waals surface area contributed by atoms with Gasteiger partial charge < -0.3 is 4.42 Å². The van der Waals surface area contributed by atoms with E-state index in [-0.39, 0.29) is 23.2 Å². The largest absolute Gasteiger partial charge is 0.417 e. The van der Waals surface area contributed by atoms with Crippen LogP contribution in [0.15, 0.2) is 52.9 Å². The number of rotatable bonds is 6. The molecule has 3 aromatic rings. The lowest BCUT2D eigenvalue weighted by atomic mass is 10.2. The molecular weight excluding hydrogens is 352 g/mol. The van der Waals surface area contributed by atoms with Crippen LogP contribution in [0.25, 0.3) is 24.3 Å². The maximum atomic E-state index is 10.6. The van der Waals surface area contributed by atoms with Gasteiger partial charge >= 0.3 is 0 Å². The number of non-ortho nitro benzene ring substituents is 2. The third-order valence-electron chi connectivity index (χ3n) is 3.50. The lowest BCUT2D eigenvalue weighted by Crippen LogP contribution is -1.86. The van der Waals surface area contributed by atoms with Crippen molar-refractivity contribution in [2.24, 2.45) is 0 Å². The molecule has 134 valence electrons. The van der Waals surface area contributed by atoms with Crippen LogP contribution in [-0.4, -0.2) is 20.0 Å². The predicted molar refractivity (Wildman–Crippen MR) is 98.3 cm³/mol. The van der Waals surface area contributed by atoms with Crippen LogP contribution in [0.3, 0.4) is 0 Å². The van der Waals surface area contributed by atoms with E-state index in [2.05, 4.69) is 10.2 Å². The predicted octanol–water partition coefficient (Wildman–Crippen LogP) is 4.23. The van der Waals surface area contributed by atoms with Crippen molar-refractivity contribution >= 4 is 35.7 Å². The SMILES string of the molecule is O=[N+]([O-])c1ccc(/C=C/c2nnc(/C=C/c3ccc([N+](=O)[O-])cc3)o2)cc1. The Balaban J connectivity index is 1.65. The minimum atomic E-state index is -0.463. The minimum Gasteiger partial charge on any atom is -0.417 e. The highest BCUT2D eigenvalue weighted by Gasteiger charge is 2.04. The summed E-state index contributed by atoms with van der Waals surface area (Å²) in [6.07, 6.45) is 6.58. The molecule has 0 aliphatic carbocycles. The molecule has 1 aromatic heterocycles. The van der Waals surface area contributed by atoms with Crippen molar-refractivity contribution in [2.75, 3.05) is 0 Å². The van der Waals surface area contributed by atoms with Gasteiger partial charge in [-0.3, -0.25) is 20.2 Å². The van der Waals surface area contributed by atoms with Crippen molar-refractivity contribution in [2.45, 2.75) is 0 Å². The molecule has 9 heteroatoms. The Labute approximate surface area is 152 Å². The fourth-order valence-electron chi connectivity index (χ4n) is 2.13. The first-order valence-electron chi connectivity index (χ1n) is 7.70. The summed E-state index contributed by atoms with van der Waals surface area (Å²) in [5.41, 5.74) is 1.54. The van der Waals surface area contributed by atoms with Crippen LogP contribution in [0.4, 0.5) is 11.4 Å². The van der Waals surface area contributed by atoms with Crippen LogP contribution in [-0.2, 0) is 0 Å². The quantitative estimate of drug-likeness (QED) is 0.473. The summed E-state index contributed by atoms with van der Waals surface area (Å²) < 4.78 is 5.44. The number of nitro groups is 2. The van der Waals surface area contributed by atoms with Crippen molar-refractivity contribution in [3.05, 3.63) is 91.7 Å². The zero-order valence-electron chi connectivity index (χ0n) is 13.8. The molecule has 0 unspecified atom stereocenters. The van der Waals surface area contributed by atoms with E-state index in [1.165, 1.54) is 24.3 Å². The maximum Gasteiger partial charge on any atom is 0.269 e. The summed E-state index contributed by atoms with van der Waals surface area (Å²) in [5.74, 6) is 0.549. The Morgan fingerprint density at radius 2 is 1.04 bits per heavy atom. The van der Waals surface area contributed by atoms with Gasteiger partial charge in [0.05, 0.1) is 9.85 Å². The molecule has 3 rings (SSSR count). The smallest absolute Gasteiger partial charge is 0.269 e. The first kappa shape index (κ1) is 17.7. The zero-order chi connectivity index (χ0) is 19.2. The van der Waals surface area contributed by atoms with Crippen molar-refractivity contribution < 1.29 is 14.3 Å². The van der Waals surface area contributed by atoms with Crippen molar-refractivity contribution in [3.63, 3.8) is 0 Å². The molecule has 0 radical (unpaired) electrons. The van der Waals surface area contributed by atoms with Gasteiger partial charge in [0.1, 0.15) is 0 Å². The number of hydrogen-bond donors (Lipinski definition) is 0. The second-order valence-corrected chi connectivity index (χ2v) is 5.34. The minimum absolute atomic E-state index is 0.0172. The summed E-state index contributed by atoms with van der Waals surface area (Å²) in [7, 11) is 0. The molecule has 2 aromatic carbocycles. The van der Waals surface area contributed by atoms with E-state index in [0.717, 1.165) is 11.1 Å². The molecule has 0 fully saturated rings. The molecule has 0 spiro atoms. The lowest BCUT2D eigenvalue weighted by molar-refractivity contribution is -0.385. The molecule has 27 heavy (non-hydrogen) atoms. The Hall–Kier alpha value is -4.14. The Kier molecular flexibility index (Phi) is 5.12. The number of nitrogens with zero attached hydrogens (tertiary/aromatic N) is 4. The van der Waals surface area contributed by atoms with Gasteiger partial charge in [-0.25, -0.2) is 0 Å². The average molecular weight is 364 g/mol. The van der Waals surface area contributed by atoms with Gasteiger partial charge in [-0.1, -0.05) is 0 Å². The van der Waals surface area contributed by atoms with Crippen LogP contribution >= 0.6 is 0 Å². The van der Waals surface area contributed by atoms with Gasteiger partial charge in [-0.2, -0.15) is 0 Å². The van der Waals surface area contributed by atoms with E-state index < -0.39 is 9.85 Å². The van der Waals surface area contributed by atoms with Gasteiger partial charge in [0.25, 0.3) is 11.4 Å². The van der Waals surface area contributed by atoms with E-state index in [9.17, 15) is 20.2 Å². The van der Waals surface area contributed by atoms with Gasteiger partial charge in [0.15, 0.2) is 0 Å². The normalized spacial score (nSPS) is 11.3. The maximum absolute atomic E-state index is 10.6. The molecule has 1 heterocycles. The molecule has 9 nitrogen and oxygen atoms in total. The zero-order valence-corrected chi connectivity index (χ0v) is 13.8. The number of nitro benzene ring substituents is 2. The molecule has 0 amide bonds. The number of hydrogen-bond acceptors (Lipinski definition) is 7. The summed E-state index contributed by atoms with van der Waals surface area (Å²) in [4.78, 5) is 20.3. The fourth-order valence-corrected chi connectivity index (χ4v) is 2.13. The van der Waals surface area contributed by atoms with Crippen LogP contribution in [0.5, 0.6) is 0 Å². The van der Waals surface area contributed by atoms with Gasteiger partial charge in [-0.05, 0) is 47.5 Å².